The summed E-state index contributed by atoms with van der Waals surface area (Å²) in [7, 11) is 0. The zero-order valence-corrected chi connectivity index (χ0v) is 23.9. The van der Waals surface area contributed by atoms with Crippen LogP contribution < -0.4 is 4.90 Å². The molecule has 6 atom stereocenters. The molecular formula is C31H31ClN2O5S. The molecule has 2 aromatic rings. The van der Waals surface area contributed by atoms with Crippen molar-refractivity contribution in [1.29, 1.82) is 0 Å². The number of para-hydroxylation sites is 1. The van der Waals surface area contributed by atoms with Gasteiger partial charge in [-0.15, -0.1) is 11.8 Å². The Morgan fingerprint density at radius 3 is 2.55 bits per heavy atom. The molecule has 208 valence electrons. The molecule has 7 nitrogen and oxygen atoms in total. The van der Waals surface area contributed by atoms with Crippen LogP contribution >= 0.6 is 23.4 Å². The van der Waals surface area contributed by atoms with Gasteiger partial charge in [0.1, 0.15) is 6.04 Å². The van der Waals surface area contributed by atoms with E-state index in [-0.39, 0.29) is 31.6 Å². The number of benzene rings is 2. The molecule has 9 heteroatoms. The van der Waals surface area contributed by atoms with Crippen molar-refractivity contribution in [3.05, 3.63) is 89.0 Å². The van der Waals surface area contributed by atoms with Crippen LogP contribution in [0.15, 0.2) is 72.8 Å². The minimum atomic E-state index is -1.06. The van der Waals surface area contributed by atoms with Gasteiger partial charge in [-0.1, -0.05) is 78.4 Å². The summed E-state index contributed by atoms with van der Waals surface area (Å²) in [6.07, 6.45) is 8.44. The number of thioether (sulfide) groups is 1. The van der Waals surface area contributed by atoms with Crippen molar-refractivity contribution < 1.29 is 24.2 Å². The lowest BCUT2D eigenvalue weighted by Crippen LogP contribution is -2.54. The molecule has 0 aromatic heterocycles. The molecule has 2 fully saturated rings. The van der Waals surface area contributed by atoms with E-state index in [1.165, 1.54) is 16.7 Å². The number of nitrogens with zero attached hydrogens (tertiary/aromatic N) is 2. The summed E-state index contributed by atoms with van der Waals surface area (Å²) in [5, 5.41) is 11.1. The summed E-state index contributed by atoms with van der Waals surface area (Å²) in [5.41, 5.74) is 2.13. The van der Waals surface area contributed by atoms with Crippen LogP contribution in [-0.2, 0) is 19.1 Å². The Bertz CT molecular complexity index is 1410. The molecule has 40 heavy (non-hydrogen) atoms. The van der Waals surface area contributed by atoms with Gasteiger partial charge in [0.15, 0.2) is 0 Å². The molecule has 1 N–H and O–H groups in total. The first-order valence-corrected chi connectivity index (χ1v) is 14.7. The van der Waals surface area contributed by atoms with Gasteiger partial charge in [0.25, 0.3) is 5.91 Å². The van der Waals surface area contributed by atoms with E-state index in [0.717, 1.165) is 5.56 Å². The molecule has 2 amide bonds. The van der Waals surface area contributed by atoms with Gasteiger partial charge in [0.2, 0.25) is 5.91 Å². The zero-order chi connectivity index (χ0) is 28.2. The van der Waals surface area contributed by atoms with E-state index in [1.807, 2.05) is 80.6 Å². The monoisotopic (exact) mass is 578 g/mol. The molecule has 0 bridgehead atoms. The van der Waals surface area contributed by atoms with Gasteiger partial charge in [-0.05, 0) is 37.5 Å². The third-order valence-corrected chi connectivity index (χ3v) is 10.7. The second-order valence-corrected chi connectivity index (χ2v) is 13.2. The van der Waals surface area contributed by atoms with Crippen molar-refractivity contribution in [2.24, 2.45) is 11.8 Å². The highest BCUT2D eigenvalue weighted by molar-refractivity contribution is 8.02. The SMILES string of the molecule is Cc1cccc(Cl)c1N1CC=C[C@]23S[C@]4(C)C=CCCOC(=O)[C@@H]4[C@H]2C(=O)N([C@H](CO)c2ccccc2)C3C1=O. The number of amides is 2. The van der Waals surface area contributed by atoms with E-state index in [0.29, 0.717) is 22.7 Å². The lowest BCUT2D eigenvalue weighted by Gasteiger charge is -2.40. The smallest absolute Gasteiger partial charge is 0.311 e. The highest BCUT2D eigenvalue weighted by Crippen LogP contribution is 2.66. The van der Waals surface area contributed by atoms with E-state index in [9.17, 15) is 19.5 Å². The van der Waals surface area contributed by atoms with Crippen LogP contribution in [0.4, 0.5) is 5.69 Å². The molecule has 1 unspecified atom stereocenters. The van der Waals surface area contributed by atoms with Crippen molar-refractivity contribution in [3.63, 3.8) is 0 Å². The Kier molecular flexibility index (Phi) is 6.84. The molecule has 4 aliphatic heterocycles. The van der Waals surface area contributed by atoms with Gasteiger partial charge >= 0.3 is 5.97 Å². The molecule has 2 aromatic carbocycles. The summed E-state index contributed by atoms with van der Waals surface area (Å²) in [4.78, 5) is 46.1. The Morgan fingerprint density at radius 2 is 1.82 bits per heavy atom. The quantitative estimate of drug-likeness (QED) is 0.425. The van der Waals surface area contributed by atoms with Crippen molar-refractivity contribution in [3.8, 4) is 0 Å². The summed E-state index contributed by atoms with van der Waals surface area (Å²) in [5.74, 6) is -2.72. The van der Waals surface area contributed by atoms with Crippen molar-refractivity contribution in [2.45, 2.75) is 41.8 Å². The Hall–Kier alpha value is -3.07. The molecule has 0 saturated carbocycles. The van der Waals surface area contributed by atoms with Gasteiger partial charge in [-0.3, -0.25) is 14.4 Å². The summed E-state index contributed by atoms with van der Waals surface area (Å²) < 4.78 is 3.80. The van der Waals surface area contributed by atoms with E-state index in [1.54, 1.807) is 11.0 Å². The lowest BCUT2D eigenvalue weighted by atomic mass is 9.74. The molecule has 0 aliphatic carbocycles. The molecule has 0 radical (unpaired) electrons. The number of ether oxygens (including phenoxy) is 1. The standard InChI is InChI=1S/C31H31ClN2O5S/c1-19-10-8-13-21(32)25(19)33-16-9-15-31-23(24-29(38)39-17-7-6-14-30(24,2)40-31)27(36)34(26(31)28(33)37)22(18-35)20-11-4-3-5-12-20/h3-6,8-15,22-24,26,35H,7,16-18H2,1-2H3/t22-,23+,24+,26?,30-,31+/m1/s1. The van der Waals surface area contributed by atoms with Crippen molar-refractivity contribution >= 4 is 46.8 Å². The third-order valence-electron chi connectivity index (χ3n) is 8.61. The number of carbonyl (C=O) groups is 3. The Balaban J connectivity index is 1.56. The van der Waals surface area contributed by atoms with Crippen LogP contribution in [0.25, 0.3) is 0 Å². The predicted octanol–water partition coefficient (Wildman–Crippen LogP) is 4.48. The van der Waals surface area contributed by atoms with Gasteiger partial charge in [-0.2, -0.15) is 0 Å². The maximum Gasteiger partial charge on any atom is 0.311 e. The molecule has 4 aliphatic rings. The number of esters is 1. The molecule has 6 rings (SSSR count). The van der Waals surface area contributed by atoms with Gasteiger partial charge in [0.05, 0.1) is 46.5 Å². The van der Waals surface area contributed by atoms with Crippen LogP contribution in [0.1, 0.15) is 30.5 Å². The van der Waals surface area contributed by atoms with Crippen LogP contribution in [0.3, 0.4) is 0 Å². The maximum absolute atomic E-state index is 14.8. The number of hydrogen-bond donors (Lipinski definition) is 1. The van der Waals surface area contributed by atoms with Crippen LogP contribution in [0.5, 0.6) is 0 Å². The zero-order valence-electron chi connectivity index (χ0n) is 22.3. The highest BCUT2D eigenvalue weighted by atomic mass is 35.5. The molecular weight excluding hydrogens is 548 g/mol. The summed E-state index contributed by atoms with van der Waals surface area (Å²) in [6, 6.07) is 12.9. The maximum atomic E-state index is 14.8. The van der Waals surface area contributed by atoms with Crippen molar-refractivity contribution in [1.82, 2.24) is 4.90 Å². The van der Waals surface area contributed by atoms with E-state index in [2.05, 4.69) is 0 Å². The lowest BCUT2D eigenvalue weighted by molar-refractivity contribution is -0.154. The number of hydrogen-bond acceptors (Lipinski definition) is 6. The largest absolute Gasteiger partial charge is 0.465 e. The average molecular weight is 579 g/mol. The number of likely N-dealkylation sites (tertiary alicyclic amines) is 1. The number of aliphatic hydroxyl groups excluding tert-OH is 1. The van der Waals surface area contributed by atoms with Crippen molar-refractivity contribution in [2.75, 3.05) is 24.7 Å². The topological polar surface area (TPSA) is 87.2 Å². The molecule has 2 saturated heterocycles. The second kappa shape index (κ2) is 10.1. The number of fused-ring (bicyclic) bond motifs is 2. The van der Waals surface area contributed by atoms with Gasteiger partial charge in [0, 0.05) is 11.3 Å². The Morgan fingerprint density at radius 1 is 1.05 bits per heavy atom. The average Bonchev–Trinajstić information content (AvgIpc) is 3.25. The number of carbonyl (C=O) groups excluding carboxylic acids is 3. The highest BCUT2D eigenvalue weighted by Gasteiger charge is 2.74. The second-order valence-electron chi connectivity index (χ2n) is 11.0. The summed E-state index contributed by atoms with van der Waals surface area (Å²) >= 11 is 8.13. The first kappa shape index (κ1) is 27.1. The number of aryl methyl sites for hydroxylation is 1. The van der Waals surface area contributed by atoms with E-state index >= 15 is 0 Å². The normalized spacial score (nSPS) is 32.1. The minimum absolute atomic E-state index is 0.241. The fourth-order valence-corrected chi connectivity index (χ4v) is 9.42. The number of halogens is 1. The van der Waals surface area contributed by atoms with Crippen LogP contribution in [0.2, 0.25) is 5.02 Å². The first-order chi connectivity index (χ1) is 19.2. The summed E-state index contributed by atoms with van der Waals surface area (Å²) in [6.45, 7) is 3.97. The number of rotatable bonds is 4. The fourth-order valence-electron chi connectivity index (χ4n) is 6.96. The fraction of sp³-hybridized carbons (Fsp3) is 0.387. The number of aliphatic hydroxyl groups is 1. The van der Waals surface area contributed by atoms with Crippen LogP contribution in [-0.4, -0.2) is 63.1 Å². The van der Waals surface area contributed by atoms with Gasteiger partial charge < -0.3 is 19.6 Å². The molecule has 1 spiro atoms. The Labute approximate surface area is 242 Å². The molecule has 4 heterocycles. The van der Waals surface area contributed by atoms with Crippen LogP contribution in [0, 0.1) is 18.8 Å². The van der Waals surface area contributed by atoms with Gasteiger partial charge in [-0.25, -0.2) is 0 Å². The number of cyclic esters (lactones) is 1. The van der Waals surface area contributed by atoms with E-state index in [4.69, 9.17) is 16.3 Å². The van der Waals surface area contributed by atoms with E-state index < -0.39 is 39.4 Å². The predicted molar refractivity (Wildman–Crippen MR) is 155 cm³/mol. The third kappa shape index (κ3) is 3.95. The number of anilines is 1. The minimum Gasteiger partial charge on any atom is -0.465 e. The first-order valence-electron chi connectivity index (χ1n) is 13.5.